The second-order valence-electron chi connectivity index (χ2n) is 5.46. The van der Waals surface area contributed by atoms with E-state index in [1.807, 2.05) is 0 Å². The maximum absolute atomic E-state index is 12.2. The predicted molar refractivity (Wildman–Crippen MR) is 88.6 cm³/mol. The number of hydrogen-bond donors (Lipinski definition) is 2. The lowest BCUT2D eigenvalue weighted by atomic mass is 10.1. The molecular weight excluding hydrogens is 333 g/mol. The molecule has 1 aliphatic rings. The highest BCUT2D eigenvalue weighted by Crippen LogP contribution is 2.33. The summed E-state index contributed by atoms with van der Waals surface area (Å²) >= 11 is 18.0. The van der Waals surface area contributed by atoms with E-state index in [0.29, 0.717) is 39.4 Å². The first-order chi connectivity index (χ1) is 9.85. The van der Waals surface area contributed by atoms with Gasteiger partial charge in [0.25, 0.3) is 0 Å². The van der Waals surface area contributed by atoms with Gasteiger partial charge < -0.3 is 10.6 Å². The molecule has 0 saturated carbocycles. The van der Waals surface area contributed by atoms with Crippen LogP contribution in [-0.2, 0) is 4.79 Å². The van der Waals surface area contributed by atoms with Gasteiger partial charge >= 0.3 is 0 Å². The monoisotopic (exact) mass is 349 g/mol. The van der Waals surface area contributed by atoms with Crippen LogP contribution < -0.4 is 10.6 Å². The zero-order chi connectivity index (χ0) is 15.6. The Morgan fingerprint density at radius 3 is 2.29 bits per heavy atom. The van der Waals surface area contributed by atoms with Crippen LogP contribution in [0.5, 0.6) is 0 Å². The second kappa shape index (κ2) is 7.16. The number of nitrogens with one attached hydrogen (secondary N) is 2. The normalized spacial score (nSPS) is 23.1. The fourth-order valence-electron chi connectivity index (χ4n) is 2.61. The summed E-state index contributed by atoms with van der Waals surface area (Å²) < 4.78 is 0. The van der Waals surface area contributed by atoms with Crippen LogP contribution in [-0.4, -0.2) is 42.5 Å². The second-order valence-corrected chi connectivity index (χ2v) is 6.71. The molecule has 0 radical (unpaired) electrons. The van der Waals surface area contributed by atoms with Crippen LogP contribution in [0, 0.1) is 0 Å². The average molecular weight is 351 g/mol. The number of amides is 1. The highest BCUT2D eigenvalue weighted by atomic mass is 35.5. The van der Waals surface area contributed by atoms with Crippen molar-refractivity contribution in [2.75, 3.05) is 25.0 Å². The van der Waals surface area contributed by atoms with Gasteiger partial charge in [-0.15, -0.1) is 0 Å². The zero-order valence-corrected chi connectivity index (χ0v) is 14.2. The van der Waals surface area contributed by atoms with E-state index in [1.54, 1.807) is 12.1 Å². The van der Waals surface area contributed by atoms with Crippen molar-refractivity contribution in [1.82, 2.24) is 10.2 Å². The van der Waals surface area contributed by atoms with Crippen molar-refractivity contribution in [1.29, 1.82) is 0 Å². The number of piperazine rings is 1. The Morgan fingerprint density at radius 1 is 1.24 bits per heavy atom. The standard InChI is InChI=1S/C14H18Cl3N3O/c1-8-5-20(6-9(2)18-8)7-13(21)19-14-11(16)3-10(15)4-12(14)17/h3-4,8-9,18H,5-7H2,1-2H3,(H,19,21). The molecule has 1 aromatic carbocycles. The summed E-state index contributed by atoms with van der Waals surface area (Å²) in [6.45, 7) is 6.19. The van der Waals surface area contributed by atoms with Crippen LogP contribution in [0.15, 0.2) is 12.1 Å². The lowest BCUT2D eigenvalue weighted by Gasteiger charge is -2.35. The van der Waals surface area contributed by atoms with Gasteiger partial charge in [0.2, 0.25) is 5.91 Å². The van der Waals surface area contributed by atoms with E-state index >= 15 is 0 Å². The summed E-state index contributed by atoms with van der Waals surface area (Å²) in [6.07, 6.45) is 0. The van der Waals surface area contributed by atoms with E-state index in [2.05, 4.69) is 29.4 Å². The molecule has 116 valence electrons. The van der Waals surface area contributed by atoms with Crippen molar-refractivity contribution in [2.24, 2.45) is 0 Å². The number of carbonyl (C=O) groups excluding carboxylic acids is 1. The molecule has 0 spiro atoms. The van der Waals surface area contributed by atoms with Crippen LogP contribution >= 0.6 is 34.8 Å². The number of nitrogens with zero attached hydrogens (tertiary/aromatic N) is 1. The number of benzene rings is 1. The largest absolute Gasteiger partial charge is 0.322 e. The van der Waals surface area contributed by atoms with Gasteiger partial charge in [-0.2, -0.15) is 0 Å². The van der Waals surface area contributed by atoms with Gasteiger partial charge in [-0.3, -0.25) is 9.69 Å². The summed E-state index contributed by atoms with van der Waals surface area (Å²) in [7, 11) is 0. The third kappa shape index (κ3) is 4.73. The maximum Gasteiger partial charge on any atom is 0.238 e. The highest BCUT2D eigenvalue weighted by Gasteiger charge is 2.23. The molecule has 0 aliphatic carbocycles. The minimum atomic E-state index is -0.137. The third-order valence-electron chi connectivity index (χ3n) is 3.27. The van der Waals surface area contributed by atoms with Gasteiger partial charge in [0.1, 0.15) is 0 Å². The molecule has 1 aromatic rings. The summed E-state index contributed by atoms with van der Waals surface area (Å²) in [4.78, 5) is 14.3. The summed E-state index contributed by atoms with van der Waals surface area (Å²) in [6, 6.07) is 3.84. The van der Waals surface area contributed by atoms with Gasteiger partial charge in [0.15, 0.2) is 0 Å². The highest BCUT2D eigenvalue weighted by molar-refractivity contribution is 6.42. The Kier molecular flexibility index (Phi) is 5.74. The molecule has 2 N–H and O–H groups in total. The Hall–Kier alpha value is -0.520. The Balaban J connectivity index is 1.99. The fourth-order valence-corrected chi connectivity index (χ4v) is 3.52. The van der Waals surface area contributed by atoms with Crippen LogP contribution in [0.25, 0.3) is 0 Å². The first-order valence-corrected chi connectivity index (χ1v) is 7.91. The van der Waals surface area contributed by atoms with Crippen molar-refractivity contribution < 1.29 is 4.79 Å². The molecule has 1 saturated heterocycles. The van der Waals surface area contributed by atoms with Crippen LogP contribution in [0.4, 0.5) is 5.69 Å². The van der Waals surface area contributed by atoms with E-state index in [-0.39, 0.29) is 5.91 Å². The number of rotatable bonds is 3. The minimum Gasteiger partial charge on any atom is -0.322 e. The zero-order valence-electron chi connectivity index (χ0n) is 11.9. The fraction of sp³-hybridized carbons (Fsp3) is 0.500. The molecule has 21 heavy (non-hydrogen) atoms. The van der Waals surface area contributed by atoms with Crippen molar-refractivity contribution in [3.8, 4) is 0 Å². The molecule has 2 unspecified atom stereocenters. The first kappa shape index (κ1) is 16.8. The van der Waals surface area contributed by atoms with E-state index in [9.17, 15) is 4.79 Å². The lowest BCUT2D eigenvalue weighted by Crippen LogP contribution is -2.55. The minimum absolute atomic E-state index is 0.137. The SMILES string of the molecule is CC1CN(CC(=O)Nc2c(Cl)cc(Cl)cc2Cl)CC(C)N1. The van der Waals surface area contributed by atoms with Crippen LogP contribution in [0.1, 0.15) is 13.8 Å². The van der Waals surface area contributed by atoms with E-state index < -0.39 is 0 Å². The molecule has 0 aromatic heterocycles. The summed E-state index contributed by atoms with van der Waals surface area (Å²) in [5.41, 5.74) is 0.406. The molecule has 1 amide bonds. The number of anilines is 1. The summed E-state index contributed by atoms with van der Waals surface area (Å²) in [5, 5.41) is 7.30. The first-order valence-electron chi connectivity index (χ1n) is 6.78. The Morgan fingerprint density at radius 2 is 1.76 bits per heavy atom. The molecule has 2 atom stereocenters. The van der Waals surface area contributed by atoms with E-state index in [0.717, 1.165) is 13.1 Å². The van der Waals surface area contributed by atoms with E-state index in [4.69, 9.17) is 34.8 Å². The van der Waals surface area contributed by atoms with Gasteiger partial charge in [-0.05, 0) is 26.0 Å². The molecule has 4 nitrogen and oxygen atoms in total. The molecule has 1 fully saturated rings. The molecule has 1 heterocycles. The number of hydrogen-bond acceptors (Lipinski definition) is 3. The maximum atomic E-state index is 12.2. The quantitative estimate of drug-likeness (QED) is 0.879. The number of halogens is 3. The summed E-state index contributed by atoms with van der Waals surface area (Å²) in [5.74, 6) is -0.137. The average Bonchev–Trinajstić information content (AvgIpc) is 2.32. The number of carbonyl (C=O) groups is 1. The van der Waals surface area contributed by atoms with Gasteiger partial charge in [-0.1, -0.05) is 34.8 Å². The Labute approximate surface area is 139 Å². The van der Waals surface area contributed by atoms with Crippen LogP contribution in [0.2, 0.25) is 15.1 Å². The predicted octanol–water partition coefficient (Wildman–Crippen LogP) is 3.27. The van der Waals surface area contributed by atoms with E-state index in [1.165, 1.54) is 0 Å². The van der Waals surface area contributed by atoms with Crippen molar-refractivity contribution >= 4 is 46.4 Å². The van der Waals surface area contributed by atoms with Gasteiger partial charge in [-0.25, -0.2) is 0 Å². The Bertz CT molecular complexity index is 505. The lowest BCUT2D eigenvalue weighted by molar-refractivity contribution is -0.117. The van der Waals surface area contributed by atoms with Crippen LogP contribution in [0.3, 0.4) is 0 Å². The molecule has 1 aliphatic heterocycles. The molecular formula is C14H18Cl3N3O. The van der Waals surface area contributed by atoms with Gasteiger partial charge in [0.05, 0.1) is 22.3 Å². The smallest absolute Gasteiger partial charge is 0.238 e. The van der Waals surface area contributed by atoms with Crippen molar-refractivity contribution in [3.63, 3.8) is 0 Å². The van der Waals surface area contributed by atoms with Crippen molar-refractivity contribution in [2.45, 2.75) is 25.9 Å². The molecule has 0 bridgehead atoms. The van der Waals surface area contributed by atoms with Gasteiger partial charge in [0, 0.05) is 30.2 Å². The van der Waals surface area contributed by atoms with Crippen molar-refractivity contribution in [3.05, 3.63) is 27.2 Å². The topological polar surface area (TPSA) is 44.4 Å². The molecule has 2 rings (SSSR count). The molecule has 7 heteroatoms. The third-order valence-corrected chi connectivity index (χ3v) is 4.09.